The van der Waals surface area contributed by atoms with E-state index in [1.807, 2.05) is 0 Å². The summed E-state index contributed by atoms with van der Waals surface area (Å²) >= 11 is 1.35. The summed E-state index contributed by atoms with van der Waals surface area (Å²) in [4.78, 5) is 0. The number of hydrogen-bond donors (Lipinski definition) is 1. The highest BCUT2D eigenvalue weighted by atomic mass is 32.1. The maximum atomic E-state index is 3.71. The van der Waals surface area contributed by atoms with Crippen molar-refractivity contribution in [2.24, 2.45) is 0 Å². The van der Waals surface area contributed by atoms with Crippen LogP contribution in [0.15, 0.2) is 0 Å². The topological polar surface area (TPSA) is 37.8 Å². The fraction of sp³-hybridized carbons (Fsp3) is 0.714. The lowest BCUT2D eigenvalue weighted by Crippen LogP contribution is -2.13. The highest BCUT2D eigenvalue weighted by Gasteiger charge is 2.01. The molecule has 0 aliphatic heterocycles. The van der Waals surface area contributed by atoms with Gasteiger partial charge in [-0.25, -0.2) is 0 Å². The second-order valence-corrected chi connectivity index (χ2v) is 3.30. The summed E-state index contributed by atoms with van der Waals surface area (Å²) in [6.45, 7) is 4.32. The minimum atomic E-state index is 0.499. The van der Waals surface area contributed by atoms with Crippen molar-refractivity contribution in [2.45, 2.75) is 32.7 Å². The largest absolute Gasteiger partial charge is 0.371 e. The predicted octanol–water partition coefficient (Wildman–Crippen LogP) is 1.94. The third-order valence-electron chi connectivity index (χ3n) is 1.42. The quantitative estimate of drug-likeness (QED) is 0.750. The molecule has 1 heterocycles. The van der Waals surface area contributed by atoms with Gasteiger partial charge in [0.1, 0.15) is 5.00 Å². The number of hydrogen-bond acceptors (Lipinski definition) is 4. The Balaban J connectivity index is 2.31. The van der Waals surface area contributed by atoms with Gasteiger partial charge in [-0.15, -0.1) is 5.10 Å². The minimum absolute atomic E-state index is 0.499. The average molecular weight is 170 g/mol. The third-order valence-corrected chi connectivity index (χ3v) is 1.98. The van der Waals surface area contributed by atoms with Gasteiger partial charge in [-0.05, 0) is 13.3 Å². The van der Waals surface area contributed by atoms with Gasteiger partial charge in [0.15, 0.2) is 6.20 Å². The van der Waals surface area contributed by atoms with Gasteiger partial charge in [-0.2, -0.15) is 0 Å². The summed E-state index contributed by atoms with van der Waals surface area (Å²) in [5.74, 6) is 0. The third kappa shape index (κ3) is 2.84. The molecule has 61 valence electrons. The molecule has 0 aliphatic carbocycles. The zero-order valence-corrected chi connectivity index (χ0v) is 7.61. The molecule has 1 atom stereocenters. The van der Waals surface area contributed by atoms with Crippen LogP contribution in [-0.2, 0) is 0 Å². The van der Waals surface area contributed by atoms with Crippen LogP contribution in [0.1, 0.15) is 26.7 Å². The molecule has 1 aromatic rings. The number of rotatable bonds is 4. The monoisotopic (exact) mass is 170 g/mol. The molecule has 0 aliphatic rings. The van der Waals surface area contributed by atoms with Crippen LogP contribution in [0.2, 0.25) is 0 Å². The first-order chi connectivity index (χ1) is 5.33. The summed E-state index contributed by atoms with van der Waals surface area (Å²) in [5.41, 5.74) is 0. The molecule has 0 fully saturated rings. The van der Waals surface area contributed by atoms with Crippen molar-refractivity contribution in [1.29, 1.82) is 0 Å². The lowest BCUT2D eigenvalue weighted by molar-refractivity contribution is 0.692. The Kier molecular flexibility index (Phi) is 3.29. The lowest BCUT2D eigenvalue weighted by atomic mass is 10.2. The van der Waals surface area contributed by atoms with E-state index in [9.17, 15) is 0 Å². The molecule has 4 heteroatoms. The van der Waals surface area contributed by atoms with E-state index in [-0.39, 0.29) is 0 Å². The summed E-state index contributed by atoms with van der Waals surface area (Å²) in [7, 11) is 0. The molecular formula is C7H12N3S. The molecule has 0 bridgehead atoms. The van der Waals surface area contributed by atoms with E-state index >= 15 is 0 Å². The summed E-state index contributed by atoms with van der Waals surface area (Å²) in [6, 6.07) is 0.499. The molecule has 1 radical (unpaired) electrons. The molecule has 1 N–H and O–H groups in total. The van der Waals surface area contributed by atoms with Crippen LogP contribution < -0.4 is 5.32 Å². The lowest BCUT2D eigenvalue weighted by Gasteiger charge is -2.10. The molecule has 0 amide bonds. The van der Waals surface area contributed by atoms with E-state index in [1.54, 1.807) is 0 Å². The van der Waals surface area contributed by atoms with Crippen molar-refractivity contribution >= 4 is 16.5 Å². The molecule has 0 spiro atoms. The molecule has 0 saturated carbocycles. The Labute approximate surface area is 71.0 Å². The Morgan fingerprint density at radius 1 is 1.73 bits per heavy atom. The first kappa shape index (κ1) is 8.46. The molecule has 11 heavy (non-hydrogen) atoms. The van der Waals surface area contributed by atoms with E-state index in [4.69, 9.17) is 0 Å². The Hall–Kier alpha value is -0.640. The van der Waals surface area contributed by atoms with Crippen LogP contribution in [0.4, 0.5) is 5.00 Å². The van der Waals surface area contributed by atoms with Crippen LogP contribution in [0, 0.1) is 6.20 Å². The standard InChI is InChI=1S/C7H12N3S/c1-3-4-6(2)9-7-5-8-10-11-7/h6,9H,3-4H2,1-2H3. The second-order valence-electron chi connectivity index (χ2n) is 2.55. The molecular weight excluding hydrogens is 158 g/mol. The first-order valence-corrected chi connectivity index (χ1v) is 4.57. The fourth-order valence-corrected chi connectivity index (χ4v) is 1.43. The molecule has 3 nitrogen and oxygen atoms in total. The van der Waals surface area contributed by atoms with Gasteiger partial charge in [-0.3, -0.25) is 0 Å². The summed E-state index contributed by atoms with van der Waals surface area (Å²) < 4.78 is 3.71. The molecule has 0 aromatic carbocycles. The van der Waals surface area contributed by atoms with Crippen LogP contribution in [-0.4, -0.2) is 15.6 Å². The van der Waals surface area contributed by atoms with Crippen molar-refractivity contribution in [2.75, 3.05) is 5.32 Å². The van der Waals surface area contributed by atoms with E-state index in [1.165, 1.54) is 24.4 Å². The van der Waals surface area contributed by atoms with Gasteiger partial charge in [0.2, 0.25) is 0 Å². The minimum Gasteiger partial charge on any atom is -0.371 e. The van der Waals surface area contributed by atoms with Crippen molar-refractivity contribution in [3.05, 3.63) is 6.20 Å². The highest BCUT2D eigenvalue weighted by molar-refractivity contribution is 7.09. The van der Waals surface area contributed by atoms with Crippen LogP contribution in [0.5, 0.6) is 0 Å². The zero-order chi connectivity index (χ0) is 8.10. The molecule has 0 saturated heterocycles. The normalized spacial score (nSPS) is 12.9. The van der Waals surface area contributed by atoms with Crippen LogP contribution in [0.25, 0.3) is 0 Å². The zero-order valence-electron chi connectivity index (χ0n) is 6.79. The number of anilines is 1. The molecule has 1 unspecified atom stereocenters. The Morgan fingerprint density at radius 2 is 2.55 bits per heavy atom. The van der Waals surface area contributed by atoms with E-state index in [0.717, 1.165) is 5.00 Å². The van der Waals surface area contributed by atoms with Gasteiger partial charge in [0, 0.05) is 17.6 Å². The SMILES string of the molecule is CCCC(C)Nc1[c]nns1. The fourth-order valence-electron chi connectivity index (χ4n) is 0.935. The summed E-state index contributed by atoms with van der Waals surface area (Å²) in [6.07, 6.45) is 5.14. The molecule has 1 aromatic heterocycles. The Bertz CT molecular complexity index is 186. The van der Waals surface area contributed by atoms with Crippen LogP contribution in [0.3, 0.4) is 0 Å². The summed E-state index contributed by atoms with van der Waals surface area (Å²) in [5, 5.41) is 7.81. The van der Waals surface area contributed by atoms with Gasteiger partial charge >= 0.3 is 0 Å². The maximum absolute atomic E-state index is 3.71. The van der Waals surface area contributed by atoms with E-state index < -0.39 is 0 Å². The van der Waals surface area contributed by atoms with Gasteiger partial charge < -0.3 is 5.32 Å². The first-order valence-electron chi connectivity index (χ1n) is 3.79. The molecule has 1 rings (SSSR count). The van der Waals surface area contributed by atoms with E-state index in [0.29, 0.717) is 6.04 Å². The average Bonchev–Trinajstić information content (AvgIpc) is 2.40. The number of aromatic nitrogens is 2. The van der Waals surface area contributed by atoms with Gasteiger partial charge in [0.25, 0.3) is 0 Å². The highest BCUT2D eigenvalue weighted by Crippen LogP contribution is 2.11. The number of nitrogens with one attached hydrogen (secondary N) is 1. The maximum Gasteiger partial charge on any atom is 0.152 e. The predicted molar refractivity (Wildman–Crippen MR) is 46.7 cm³/mol. The van der Waals surface area contributed by atoms with Gasteiger partial charge in [-0.1, -0.05) is 17.8 Å². The van der Waals surface area contributed by atoms with Crippen molar-refractivity contribution in [3.63, 3.8) is 0 Å². The van der Waals surface area contributed by atoms with Gasteiger partial charge in [0.05, 0.1) is 0 Å². The van der Waals surface area contributed by atoms with Crippen molar-refractivity contribution in [1.82, 2.24) is 9.59 Å². The van der Waals surface area contributed by atoms with Crippen molar-refractivity contribution in [3.8, 4) is 0 Å². The number of nitrogens with zero attached hydrogens (tertiary/aromatic N) is 2. The van der Waals surface area contributed by atoms with Crippen LogP contribution >= 0.6 is 11.5 Å². The Morgan fingerprint density at radius 3 is 3.09 bits per heavy atom. The smallest absolute Gasteiger partial charge is 0.152 e. The van der Waals surface area contributed by atoms with E-state index in [2.05, 4.69) is 34.9 Å². The van der Waals surface area contributed by atoms with Crippen molar-refractivity contribution < 1.29 is 0 Å². The second kappa shape index (κ2) is 4.28.